The van der Waals surface area contributed by atoms with E-state index >= 15 is 0 Å². The Labute approximate surface area is 131 Å². The largest absolute Gasteiger partial charge is 0.456 e. The van der Waals surface area contributed by atoms with Gasteiger partial charge in [-0.05, 0) is 61.1 Å². The van der Waals surface area contributed by atoms with Crippen LogP contribution in [0.1, 0.15) is 24.8 Å². The molecule has 1 aromatic carbocycles. The molecule has 3 heteroatoms. The van der Waals surface area contributed by atoms with Crippen molar-refractivity contribution in [3.05, 3.63) is 60.4 Å². The molecule has 1 aromatic heterocycles. The van der Waals surface area contributed by atoms with Crippen LogP contribution in [0.3, 0.4) is 0 Å². The van der Waals surface area contributed by atoms with Gasteiger partial charge >= 0.3 is 0 Å². The Morgan fingerprint density at radius 2 is 2.00 bits per heavy atom. The number of nitrogens with zero attached hydrogens (tertiary/aromatic N) is 1. The molecule has 1 saturated heterocycles. The first-order valence-electron chi connectivity index (χ1n) is 8.00. The molecule has 2 atom stereocenters. The molecule has 2 unspecified atom stereocenters. The Morgan fingerprint density at radius 3 is 2.91 bits per heavy atom. The molecule has 2 heterocycles. The highest BCUT2D eigenvalue weighted by Gasteiger charge is 2.28. The van der Waals surface area contributed by atoms with E-state index in [4.69, 9.17) is 4.74 Å². The molecule has 0 saturated carbocycles. The second-order valence-corrected chi connectivity index (χ2v) is 6.09. The lowest BCUT2D eigenvalue weighted by molar-refractivity contribution is 0.339. The van der Waals surface area contributed by atoms with Crippen LogP contribution < -0.4 is 10.1 Å². The number of hydrogen-bond donors (Lipinski definition) is 1. The quantitative estimate of drug-likeness (QED) is 0.927. The number of nitrogens with one attached hydrogen (secondary N) is 1. The van der Waals surface area contributed by atoms with E-state index in [2.05, 4.69) is 22.4 Å². The predicted octanol–water partition coefficient (Wildman–Crippen LogP) is 4.03. The molecule has 1 fully saturated rings. The van der Waals surface area contributed by atoms with E-state index in [0.29, 0.717) is 12.0 Å². The number of allylic oxidation sites excluding steroid dienone is 1. The fourth-order valence-electron chi connectivity index (χ4n) is 3.51. The van der Waals surface area contributed by atoms with Crippen LogP contribution in [0, 0.1) is 5.92 Å². The van der Waals surface area contributed by atoms with Gasteiger partial charge in [-0.15, -0.1) is 0 Å². The number of pyridine rings is 1. The minimum absolute atomic E-state index is 0.661. The molecule has 112 valence electrons. The number of ether oxygens (including phenoxy) is 1. The van der Waals surface area contributed by atoms with Crippen molar-refractivity contribution in [2.24, 2.45) is 5.92 Å². The molecule has 1 N–H and O–H groups in total. The highest BCUT2D eigenvalue weighted by Crippen LogP contribution is 2.37. The fourth-order valence-corrected chi connectivity index (χ4v) is 3.51. The van der Waals surface area contributed by atoms with Crippen molar-refractivity contribution in [2.45, 2.75) is 25.3 Å². The number of aromatic nitrogens is 1. The van der Waals surface area contributed by atoms with Gasteiger partial charge < -0.3 is 10.1 Å². The standard InChI is InChI=1S/C19H20N2O/c1-2-4-17(5-3-1)22-18-11-15(12-20-13-18)19-7-6-16-10-14(19)8-9-21-16/h1-5,7,11-14,16,21H,6,8-10H2. The van der Waals surface area contributed by atoms with Crippen LogP contribution in [0.5, 0.6) is 11.5 Å². The maximum absolute atomic E-state index is 5.91. The van der Waals surface area contributed by atoms with E-state index in [9.17, 15) is 0 Å². The third-order valence-corrected chi connectivity index (χ3v) is 4.58. The minimum atomic E-state index is 0.661. The van der Waals surface area contributed by atoms with Crippen LogP contribution >= 0.6 is 0 Å². The van der Waals surface area contributed by atoms with Gasteiger partial charge in [0.2, 0.25) is 0 Å². The number of hydrogen-bond acceptors (Lipinski definition) is 3. The molecule has 0 radical (unpaired) electrons. The van der Waals surface area contributed by atoms with Gasteiger partial charge in [0.05, 0.1) is 6.20 Å². The Bertz CT molecular complexity index is 681. The molecule has 2 aliphatic rings. The summed E-state index contributed by atoms with van der Waals surface area (Å²) < 4.78 is 5.91. The highest BCUT2D eigenvalue weighted by molar-refractivity contribution is 5.69. The Morgan fingerprint density at radius 1 is 1.09 bits per heavy atom. The SMILES string of the molecule is C1=C(c2cncc(Oc3ccccc3)c2)C2CCNC(C1)C2. The van der Waals surface area contributed by atoms with E-state index in [1.165, 1.54) is 24.0 Å². The van der Waals surface area contributed by atoms with Crippen molar-refractivity contribution in [1.29, 1.82) is 0 Å². The second kappa shape index (κ2) is 5.93. The maximum Gasteiger partial charge on any atom is 0.146 e. The lowest BCUT2D eigenvalue weighted by atomic mass is 9.78. The molecule has 3 nitrogen and oxygen atoms in total. The number of para-hydroxylation sites is 1. The monoisotopic (exact) mass is 292 g/mol. The lowest BCUT2D eigenvalue weighted by Gasteiger charge is -2.35. The summed E-state index contributed by atoms with van der Waals surface area (Å²) in [5, 5.41) is 3.58. The molecular weight excluding hydrogens is 272 g/mol. The number of rotatable bonds is 3. The predicted molar refractivity (Wildman–Crippen MR) is 87.9 cm³/mol. The molecule has 2 bridgehead atoms. The third-order valence-electron chi connectivity index (χ3n) is 4.58. The van der Waals surface area contributed by atoms with Gasteiger partial charge in [0.25, 0.3) is 0 Å². The van der Waals surface area contributed by atoms with Gasteiger partial charge in [0.1, 0.15) is 11.5 Å². The van der Waals surface area contributed by atoms with Crippen molar-refractivity contribution in [2.75, 3.05) is 6.54 Å². The number of piperidine rings is 1. The molecular formula is C19H20N2O. The minimum Gasteiger partial charge on any atom is -0.456 e. The van der Waals surface area contributed by atoms with Crippen molar-refractivity contribution in [1.82, 2.24) is 10.3 Å². The van der Waals surface area contributed by atoms with Gasteiger partial charge in [-0.2, -0.15) is 0 Å². The van der Waals surface area contributed by atoms with Crippen LogP contribution in [0.25, 0.3) is 5.57 Å². The van der Waals surface area contributed by atoms with E-state index in [1.807, 2.05) is 36.5 Å². The maximum atomic E-state index is 5.91. The van der Waals surface area contributed by atoms with Crippen molar-refractivity contribution < 1.29 is 4.74 Å². The van der Waals surface area contributed by atoms with E-state index in [-0.39, 0.29) is 0 Å². The third kappa shape index (κ3) is 2.77. The number of fused-ring (bicyclic) bond motifs is 2. The molecule has 2 aromatic rings. The topological polar surface area (TPSA) is 34.1 Å². The lowest BCUT2D eigenvalue weighted by Crippen LogP contribution is -2.40. The summed E-state index contributed by atoms with van der Waals surface area (Å²) in [5.41, 5.74) is 2.66. The Balaban J connectivity index is 1.59. The Hall–Kier alpha value is -2.13. The normalized spacial score (nSPS) is 23.7. The van der Waals surface area contributed by atoms with Crippen LogP contribution in [-0.4, -0.2) is 17.6 Å². The Kier molecular flexibility index (Phi) is 3.65. The average Bonchev–Trinajstić information content (AvgIpc) is 2.56. The van der Waals surface area contributed by atoms with Gasteiger partial charge in [0, 0.05) is 12.2 Å². The van der Waals surface area contributed by atoms with Crippen LogP contribution in [0.2, 0.25) is 0 Å². The summed E-state index contributed by atoms with van der Waals surface area (Å²) in [6.07, 6.45) is 9.71. The molecule has 0 amide bonds. The summed E-state index contributed by atoms with van der Waals surface area (Å²) in [4.78, 5) is 4.38. The first kappa shape index (κ1) is 13.5. The van der Waals surface area contributed by atoms with Gasteiger partial charge in [-0.25, -0.2) is 0 Å². The van der Waals surface area contributed by atoms with Gasteiger partial charge in [-0.1, -0.05) is 24.3 Å². The van der Waals surface area contributed by atoms with E-state index in [0.717, 1.165) is 24.5 Å². The molecule has 22 heavy (non-hydrogen) atoms. The summed E-state index contributed by atoms with van der Waals surface area (Å²) in [5.74, 6) is 2.32. The first-order chi connectivity index (χ1) is 10.9. The van der Waals surface area contributed by atoms with E-state index in [1.54, 1.807) is 6.20 Å². The van der Waals surface area contributed by atoms with Crippen molar-refractivity contribution >= 4 is 5.57 Å². The zero-order chi connectivity index (χ0) is 14.8. The van der Waals surface area contributed by atoms with Gasteiger partial charge in [0.15, 0.2) is 0 Å². The zero-order valence-corrected chi connectivity index (χ0v) is 12.5. The van der Waals surface area contributed by atoms with E-state index < -0.39 is 0 Å². The van der Waals surface area contributed by atoms with Crippen molar-refractivity contribution in [3.8, 4) is 11.5 Å². The molecule has 0 spiro atoms. The van der Waals surface area contributed by atoms with Gasteiger partial charge in [-0.3, -0.25) is 4.98 Å². The summed E-state index contributed by atoms with van der Waals surface area (Å²) in [6, 6.07) is 12.7. The molecule has 4 rings (SSSR count). The van der Waals surface area contributed by atoms with Crippen LogP contribution in [0.15, 0.2) is 54.9 Å². The smallest absolute Gasteiger partial charge is 0.146 e. The zero-order valence-electron chi connectivity index (χ0n) is 12.5. The number of benzene rings is 1. The summed E-state index contributed by atoms with van der Waals surface area (Å²) in [6.45, 7) is 1.13. The van der Waals surface area contributed by atoms with Crippen LogP contribution in [-0.2, 0) is 0 Å². The summed E-state index contributed by atoms with van der Waals surface area (Å²) in [7, 11) is 0. The first-order valence-corrected chi connectivity index (χ1v) is 8.00. The summed E-state index contributed by atoms with van der Waals surface area (Å²) >= 11 is 0. The van der Waals surface area contributed by atoms with Crippen LogP contribution in [0.4, 0.5) is 0 Å². The molecule has 1 aliphatic carbocycles. The highest BCUT2D eigenvalue weighted by atomic mass is 16.5. The average molecular weight is 292 g/mol. The van der Waals surface area contributed by atoms with Crippen molar-refractivity contribution in [3.63, 3.8) is 0 Å². The second-order valence-electron chi connectivity index (χ2n) is 6.09. The fraction of sp³-hybridized carbons (Fsp3) is 0.316. The molecule has 1 aliphatic heterocycles.